The number of oxime groups is 1. The quantitative estimate of drug-likeness (QED) is 0.287. The second-order valence-electron chi connectivity index (χ2n) is 6.62. The van der Waals surface area contributed by atoms with E-state index in [0.717, 1.165) is 19.3 Å². The minimum atomic E-state index is -3.66. The molecule has 1 heterocycles. The zero-order valence-corrected chi connectivity index (χ0v) is 17.1. The standard InChI is InChI=1S/C19H21ClN4O4S/c20-14-7-8-16(18(21)23-26)17(12-14)22-19(25)13-5-4-6-15(11-13)29(27,28)24-9-2-1-3-10-24/h4-8,11-12,26H,1-3,9-10H2,(H2,21,23)(H,22,25). The van der Waals surface area contributed by atoms with Crippen molar-refractivity contribution in [2.24, 2.45) is 10.9 Å². The lowest BCUT2D eigenvalue weighted by Gasteiger charge is -2.26. The molecule has 4 N–H and O–H groups in total. The molecule has 154 valence electrons. The SMILES string of the molecule is N/C(=N\O)c1ccc(Cl)cc1NC(=O)c1cccc(S(=O)(=O)N2CCCCC2)c1. The Morgan fingerprint density at radius 2 is 1.86 bits per heavy atom. The minimum Gasteiger partial charge on any atom is -0.409 e. The Labute approximate surface area is 174 Å². The smallest absolute Gasteiger partial charge is 0.255 e. The van der Waals surface area contributed by atoms with Crippen LogP contribution in [0.4, 0.5) is 5.69 Å². The van der Waals surface area contributed by atoms with Crippen molar-refractivity contribution in [1.29, 1.82) is 0 Å². The summed E-state index contributed by atoms with van der Waals surface area (Å²) < 4.78 is 27.2. The van der Waals surface area contributed by atoms with Crippen LogP contribution in [-0.4, -0.2) is 42.8 Å². The van der Waals surface area contributed by atoms with Gasteiger partial charge in [0, 0.05) is 29.2 Å². The Morgan fingerprint density at radius 1 is 1.14 bits per heavy atom. The van der Waals surface area contributed by atoms with Gasteiger partial charge in [-0.1, -0.05) is 29.2 Å². The summed E-state index contributed by atoms with van der Waals surface area (Å²) in [7, 11) is -3.66. The number of anilines is 1. The molecule has 8 nitrogen and oxygen atoms in total. The number of hydrogen-bond donors (Lipinski definition) is 3. The van der Waals surface area contributed by atoms with Gasteiger partial charge in [-0.05, 0) is 49.2 Å². The van der Waals surface area contributed by atoms with Crippen molar-refractivity contribution in [2.45, 2.75) is 24.2 Å². The molecule has 0 bridgehead atoms. The Bertz CT molecular complexity index is 1050. The number of nitrogens with zero attached hydrogens (tertiary/aromatic N) is 2. The first-order valence-electron chi connectivity index (χ1n) is 9.02. The first kappa shape index (κ1) is 21.1. The lowest BCUT2D eigenvalue weighted by atomic mass is 10.1. The van der Waals surface area contributed by atoms with E-state index in [1.807, 2.05) is 0 Å². The van der Waals surface area contributed by atoms with Gasteiger partial charge in [0.25, 0.3) is 5.91 Å². The number of nitrogens with two attached hydrogens (primary N) is 1. The first-order valence-corrected chi connectivity index (χ1v) is 10.8. The van der Waals surface area contributed by atoms with E-state index >= 15 is 0 Å². The molecular weight excluding hydrogens is 416 g/mol. The molecule has 0 atom stereocenters. The van der Waals surface area contributed by atoms with Crippen LogP contribution >= 0.6 is 11.6 Å². The number of halogens is 1. The van der Waals surface area contributed by atoms with Gasteiger partial charge in [0.05, 0.1) is 10.6 Å². The largest absolute Gasteiger partial charge is 0.409 e. The molecule has 0 spiro atoms. The van der Waals surface area contributed by atoms with Crippen LogP contribution in [-0.2, 0) is 10.0 Å². The van der Waals surface area contributed by atoms with E-state index in [9.17, 15) is 13.2 Å². The highest BCUT2D eigenvalue weighted by Gasteiger charge is 2.26. The van der Waals surface area contributed by atoms with Crippen molar-refractivity contribution in [3.63, 3.8) is 0 Å². The Balaban J connectivity index is 1.88. The van der Waals surface area contributed by atoms with E-state index in [1.165, 1.54) is 46.8 Å². The average Bonchev–Trinajstić information content (AvgIpc) is 2.74. The van der Waals surface area contributed by atoms with Gasteiger partial charge >= 0.3 is 0 Å². The molecule has 1 fully saturated rings. The molecule has 2 aromatic carbocycles. The summed E-state index contributed by atoms with van der Waals surface area (Å²) in [5.74, 6) is -0.742. The Hall–Kier alpha value is -2.62. The molecule has 1 aliphatic rings. The maximum atomic E-state index is 12.9. The van der Waals surface area contributed by atoms with E-state index in [-0.39, 0.29) is 27.5 Å². The van der Waals surface area contributed by atoms with Gasteiger partial charge < -0.3 is 16.3 Å². The van der Waals surface area contributed by atoms with Crippen molar-refractivity contribution in [2.75, 3.05) is 18.4 Å². The summed E-state index contributed by atoms with van der Waals surface area (Å²) in [5, 5.41) is 14.9. The second kappa shape index (κ2) is 8.81. The van der Waals surface area contributed by atoms with Crippen LogP contribution in [0.3, 0.4) is 0 Å². The summed E-state index contributed by atoms with van der Waals surface area (Å²) in [6.45, 7) is 0.953. The fraction of sp³-hybridized carbons (Fsp3) is 0.263. The first-order chi connectivity index (χ1) is 13.8. The van der Waals surface area contributed by atoms with Crippen LogP contribution in [0.1, 0.15) is 35.2 Å². The predicted octanol–water partition coefficient (Wildman–Crippen LogP) is 2.86. The number of amidine groups is 1. The molecule has 0 aromatic heterocycles. The molecule has 1 aliphatic heterocycles. The van der Waals surface area contributed by atoms with E-state index in [1.54, 1.807) is 0 Å². The third kappa shape index (κ3) is 4.69. The third-order valence-electron chi connectivity index (χ3n) is 4.66. The zero-order chi connectivity index (χ0) is 21.0. The van der Waals surface area contributed by atoms with Crippen LogP contribution in [0, 0.1) is 0 Å². The van der Waals surface area contributed by atoms with Gasteiger partial charge in [-0.25, -0.2) is 8.42 Å². The van der Waals surface area contributed by atoms with Crippen LogP contribution in [0.25, 0.3) is 0 Å². The number of carbonyl (C=O) groups is 1. The van der Waals surface area contributed by atoms with Crippen molar-refractivity contribution in [3.05, 3.63) is 58.6 Å². The van der Waals surface area contributed by atoms with Gasteiger partial charge in [-0.3, -0.25) is 4.79 Å². The number of hydrogen-bond acceptors (Lipinski definition) is 5. The number of rotatable bonds is 5. The van der Waals surface area contributed by atoms with Crippen LogP contribution < -0.4 is 11.1 Å². The highest BCUT2D eigenvalue weighted by atomic mass is 35.5. The number of sulfonamides is 1. The maximum Gasteiger partial charge on any atom is 0.255 e. The summed E-state index contributed by atoms with van der Waals surface area (Å²) >= 11 is 5.99. The van der Waals surface area contributed by atoms with Crippen LogP contribution in [0.5, 0.6) is 0 Å². The van der Waals surface area contributed by atoms with Crippen molar-refractivity contribution in [3.8, 4) is 0 Å². The summed E-state index contributed by atoms with van der Waals surface area (Å²) in [4.78, 5) is 12.8. The lowest BCUT2D eigenvalue weighted by Crippen LogP contribution is -2.35. The monoisotopic (exact) mass is 436 g/mol. The van der Waals surface area contributed by atoms with Crippen LogP contribution in [0.2, 0.25) is 5.02 Å². The molecule has 0 radical (unpaired) electrons. The van der Waals surface area contributed by atoms with E-state index in [4.69, 9.17) is 22.5 Å². The Kier molecular flexibility index (Phi) is 6.41. The molecule has 3 rings (SSSR count). The van der Waals surface area contributed by atoms with Gasteiger partial charge in [-0.15, -0.1) is 0 Å². The predicted molar refractivity (Wildman–Crippen MR) is 111 cm³/mol. The van der Waals surface area contributed by atoms with Gasteiger partial charge in [0.2, 0.25) is 10.0 Å². The fourth-order valence-corrected chi connectivity index (χ4v) is 4.88. The van der Waals surface area contributed by atoms with Crippen molar-refractivity contribution in [1.82, 2.24) is 4.31 Å². The molecule has 1 saturated heterocycles. The fourth-order valence-electron chi connectivity index (χ4n) is 3.14. The molecule has 0 aliphatic carbocycles. The molecular formula is C19H21ClN4O4S. The summed E-state index contributed by atoms with van der Waals surface area (Å²) in [5.41, 5.74) is 6.32. The number of nitrogens with one attached hydrogen (secondary N) is 1. The highest BCUT2D eigenvalue weighted by Crippen LogP contribution is 2.24. The van der Waals surface area contributed by atoms with E-state index in [0.29, 0.717) is 18.1 Å². The minimum absolute atomic E-state index is 0.0646. The number of piperidine rings is 1. The normalized spacial score (nSPS) is 15.8. The van der Waals surface area contributed by atoms with Crippen molar-refractivity contribution < 1.29 is 18.4 Å². The zero-order valence-electron chi connectivity index (χ0n) is 15.5. The second-order valence-corrected chi connectivity index (χ2v) is 9.00. The Morgan fingerprint density at radius 3 is 2.55 bits per heavy atom. The number of carbonyl (C=O) groups excluding carboxylic acids is 1. The molecule has 2 aromatic rings. The molecule has 0 saturated carbocycles. The highest BCUT2D eigenvalue weighted by molar-refractivity contribution is 7.89. The summed E-state index contributed by atoms with van der Waals surface area (Å²) in [6, 6.07) is 10.4. The van der Waals surface area contributed by atoms with Gasteiger partial charge in [-0.2, -0.15) is 4.31 Å². The molecule has 10 heteroatoms. The molecule has 29 heavy (non-hydrogen) atoms. The van der Waals surface area contributed by atoms with Crippen molar-refractivity contribution >= 4 is 39.1 Å². The van der Waals surface area contributed by atoms with Crippen LogP contribution in [0.15, 0.2) is 52.5 Å². The number of amides is 1. The van der Waals surface area contributed by atoms with Gasteiger partial charge in [0.15, 0.2) is 5.84 Å². The van der Waals surface area contributed by atoms with Gasteiger partial charge in [0.1, 0.15) is 0 Å². The van der Waals surface area contributed by atoms with E-state index in [2.05, 4.69) is 10.5 Å². The molecule has 0 unspecified atom stereocenters. The molecule has 1 amide bonds. The number of benzene rings is 2. The lowest BCUT2D eigenvalue weighted by molar-refractivity contribution is 0.102. The maximum absolute atomic E-state index is 12.9. The topological polar surface area (TPSA) is 125 Å². The average molecular weight is 437 g/mol. The van der Waals surface area contributed by atoms with E-state index < -0.39 is 15.9 Å². The summed E-state index contributed by atoms with van der Waals surface area (Å²) in [6.07, 6.45) is 2.66. The third-order valence-corrected chi connectivity index (χ3v) is 6.79.